The first-order chi connectivity index (χ1) is 15.3. The van der Waals surface area contributed by atoms with E-state index in [0.29, 0.717) is 0 Å². The SMILES string of the molecule is Cc1cc(C)c(NC(=O)C(C)OC(=O)C2CCCCC2c2nc3ccccc3s2)c(C)c1. The first-order valence-corrected chi connectivity index (χ1v) is 12.1. The van der Waals surface area contributed by atoms with E-state index in [4.69, 9.17) is 9.72 Å². The molecule has 3 atom stereocenters. The number of hydrogen-bond acceptors (Lipinski definition) is 5. The van der Waals surface area contributed by atoms with Crippen molar-refractivity contribution in [3.63, 3.8) is 0 Å². The van der Waals surface area contributed by atoms with E-state index < -0.39 is 6.10 Å². The molecular weight excluding hydrogens is 420 g/mol. The molecular formula is C26H30N2O3S. The van der Waals surface area contributed by atoms with Gasteiger partial charge in [-0.15, -0.1) is 11.3 Å². The lowest BCUT2D eigenvalue weighted by Crippen LogP contribution is -2.35. The van der Waals surface area contributed by atoms with Crippen LogP contribution in [-0.2, 0) is 14.3 Å². The maximum absolute atomic E-state index is 13.1. The Labute approximate surface area is 193 Å². The number of carbonyl (C=O) groups excluding carboxylic acids is 2. The lowest BCUT2D eigenvalue weighted by atomic mass is 9.79. The molecule has 6 heteroatoms. The minimum absolute atomic E-state index is 0.0468. The highest BCUT2D eigenvalue weighted by Crippen LogP contribution is 2.41. The van der Waals surface area contributed by atoms with Crippen LogP contribution in [0.15, 0.2) is 36.4 Å². The van der Waals surface area contributed by atoms with Crippen molar-refractivity contribution >= 4 is 39.1 Å². The van der Waals surface area contributed by atoms with Crippen molar-refractivity contribution in [2.75, 3.05) is 5.32 Å². The number of nitrogens with one attached hydrogen (secondary N) is 1. The Bertz CT molecular complexity index is 1100. The summed E-state index contributed by atoms with van der Waals surface area (Å²) in [7, 11) is 0. The van der Waals surface area contributed by atoms with Gasteiger partial charge in [-0.2, -0.15) is 0 Å². The number of hydrogen-bond donors (Lipinski definition) is 1. The number of benzene rings is 2. The van der Waals surface area contributed by atoms with E-state index in [9.17, 15) is 9.59 Å². The Hall–Kier alpha value is -2.73. The van der Waals surface area contributed by atoms with Crippen molar-refractivity contribution in [3.8, 4) is 0 Å². The van der Waals surface area contributed by atoms with E-state index >= 15 is 0 Å². The molecule has 0 aliphatic heterocycles. The zero-order valence-electron chi connectivity index (χ0n) is 19.1. The van der Waals surface area contributed by atoms with Gasteiger partial charge in [0, 0.05) is 11.6 Å². The Morgan fingerprint density at radius 2 is 1.78 bits per heavy atom. The minimum Gasteiger partial charge on any atom is -0.452 e. The van der Waals surface area contributed by atoms with Crippen LogP contribution in [0.25, 0.3) is 10.2 Å². The summed E-state index contributed by atoms with van der Waals surface area (Å²) < 4.78 is 6.81. The van der Waals surface area contributed by atoms with Crippen molar-refractivity contribution in [3.05, 3.63) is 58.1 Å². The van der Waals surface area contributed by atoms with Crippen LogP contribution in [0.5, 0.6) is 0 Å². The number of ether oxygens (including phenoxy) is 1. The molecule has 32 heavy (non-hydrogen) atoms. The van der Waals surface area contributed by atoms with E-state index in [1.165, 1.54) is 0 Å². The summed E-state index contributed by atoms with van der Waals surface area (Å²) in [5.74, 6) is -0.817. The zero-order valence-corrected chi connectivity index (χ0v) is 19.9. The number of anilines is 1. The molecule has 3 unspecified atom stereocenters. The number of fused-ring (bicyclic) bond motifs is 1. The van der Waals surface area contributed by atoms with Gasteiger partial charge in [-0.3, -0.25) is 9.59 Å². The number of aryl methyl sites for hydroxylation is 3. The lowest BCUT2D eigenvalue weighted by Gasteiger charge is -2.29. The first kappa shape index (κ1) is 22.5. The van der Waals surface area contributed by atoms with E-state index in [1.807, 2.05) is 51.1 Å². The van der Waals surface area contributed by atoms with Gasteiger partial charge in [0.05, 0.1) is 21.1 Å². The fraction of sp³-hybridized carbons (Fsp3) is 0.423. The summed E-state index contributed by atoms with van der Waals surface area (Å²) in [6, 6.07) is 12.1. The normalized spacial score (nSPS) is 19.5. The third kappa shape index (κ3) is 4.70. The minimum atomic E-state index is -0.861. The van der Waals surface area contributed by atoms with Crippen molar-refractivity contribution in [2.45, 2.75) is 65.4 Å². The molecule has 0 spiro atoms. The van der Waals surface area contributed by atoms with Gasteiger partial charge < -0.3 is 10.1 Å². The molecule has 1 heterocycles. The second kappa shape index (κ2) is 9.41. The largest absolute Gasteiger partial charge is 0.452 e. The zero-order chi connectivity index (χ0) is 22.8. The first-order valence-electron chi connectivity index (χ1n) is 11.3. The van der Waals surface area contributed by atoms with Gasteiger partial charge in [-0.1, -0.05) is 42.7 Å². The molecule has 1 aliphatic carbocycles. The number of esters is 1. The number of rotatable bonds is 5. The predicted octanol–water partition coefficient (Wildman–Crippen LogP) is 6.07. The third-order valence-electron chi connectivity index (χ3n) is 6.28. The van der Waals surface area contributed by atoms with Gasteiger partial charge in [0.25, 0.3) is 5.91 Å². The average molecular weight is 451 g/mol. The van der Waals surface area contributed by atoms with Crippen LogP contribution in [-0.4, -0.2) is 23.0 Å². The summed E-state index contributed by atoms with van der Waals surface area (Å²) >= 11 is 1.66. The van der Waals surface area contributed by atoms with E-state index in [1.54, 1.807) is 18.3 Å². The number of thiazole rings is 1. The summed E-state index contributed by atoms with van der Waals surface area (Å²) in [6.07, 6.45) is 2.89. The fourth-order valence-electron chi connectivity index (χ4n) is 4.67. The number of carbonyl (C=O) groups is 2. The Morgan fingerprint density at radius 3 is 2.50 bits per heavy atom. The molecule has 1 saturated carbocycles. The van der Waals surface area contributed by atoms with Crippen LogP contribution in [0.1, 0.15) is 60.2 Å². The van der Waals surface area contributed by atoms with Crippen LogP contribution in [0.4, 0.5) is 5.69 Å². The van der Waals surface area contributed by atoms with Crippen molar-refractivity contribution in [1.82, 2.24) is 4.98 Å². The van der Waals surface area contributed by atoms with Gasteiger partial charge in [-0.05, 0) is 63.8 Å². The van der Waals surface area contributed by atoms with Crippen molar-refractivity contribution < 1.29 is 14.3 Å². The molecule has 1 aromatic heterocycles. The second-order valence-corrected chi connectivity index (χ2v) is 9.92. The lowest BCUT2D eigenvalue weighted by molar-refractivity contribution is -0.159. The summed E-state index contributed by atoms with van der Waals surface area (Å²) in [5, 5.41) is 3.94. The molecule has 1 N–H and O–H groups in total. The maximum Gasteiger partial charge on any atom is 0.310 e. The average Bonchev–Trinajstić information content (AvgIpc) is 3.20. The molecule has 4 rings (SSSR count). The van der Waals surface area contributed by atoms with Crippen LogP contribution in [0.2, 0.25) is 0 Å². The summed E-state index contributed by atoms with van der Waals surface area (Å²) in [5.41, 5.74) is 4.90. The molecule has 2 aromatic carbocycles. The van der Waals surface area contributed by atoms with Crippen LogP contribution in [0.3, 0.4) is 0 Å². The number of nitrogens with zero attached hydrogens (tertiary/aromatic N) is 1. The predicted molar refractivity (Wildman–Crippen MR) is 129 cm³/mol. The standard InChI is InChI=1S/C26H30N2O3S/c1-15-13-16(2)23(17(3)14-15)28-24(29)18(4)31-26(30)20-10-6-5-9-19(20)25-27-21-11-7-8-12-22(21)32-25/h7-8,11-14,18-20H,5-6,9-10H2,1-4H3,(H,28,29). The molecule has 0 radical (unpaired) electrons. The van der Waals surface area contributed by atoms with E-state index in [-0.39, 0.29) is 23.7 Å². The molecule has 5 nitrogen and oxygen atoms in total. The van der Waals surface area contributed by atoms with Gasteiger partial charge in [0.1, 0.15) is 0 Å². The highest BCUT2D eigenvalue weighted by molar-refractivity contribution is 7.18. The molecule has 1 aliphatic rings. The quantitative estimate of drug-likeness (QED) is 0.479. The topological polar surface area (TPSA) is 68.3 Å². The monoisotopic (exact) mass is 450 g/mol. The van der Waals surface area contributed by atoms with Gasteiger partial charge >= 0.3 is 5.97 Å². The van der Waals surface area contributed by atoms with Crippen LogP contribution < -0.4 is 5.32 Å². The summed E-state index contributed by atoms with van der Waals surface area (Å²) in [4.78, 5) is 30.7. The highest BCUT2D eigenvalue weighted by atomic mass is 32.1. The second-order valence-electron chi connectivity index (χ2n) is 8.86. The molecule has 168 valence electrons. The number of para-hydroxylation sites is 1. The number of aromatic nitrogens is 1. The van der Waals surface area contributed by atoms with Crippen LogP contribution in [0, 0.1) is 26.7 Å². The Kier molecular flexibility index (Phi) is 6.60. The van der Waals surface area contributed by atoms with Gasteiger partial charge in [0.15, 0.2) is 6.10 Å². The molecule has 3 aromatic rings. The fourth-order valence-corrected chi connectivity index (χ4v) is 5.84. The Balaban J connectivity index is 1.46. The maximum atomic E-state index is 13.1. The smallest absolute Gasteiger partial charge is 0.310 e. The van der Waals surface area contributed by atoms with E-state index in [0.717, 1.165) is 63.3 Å². The van der Waals surface area contributed by atoms with Gasteiger partial charge in [-0.25, -0.2) is 4.98 Å². The van der Waals surface area contributed by atoms with Gasteiger partial charge in [0.2, 0.25) is 0 Å². The summed E-state index contributed by atoms with van der Waals surface area (Å²) in [6.45, 7) is 7.61. The van der Waals surface area contributed by atoms with E-state index in [2.05, 4.69) is 11.4 Å². The van der Waals surface area contributed by atoms with Crippen molar-refractivity contribution in [1.29, 1.82) is 0 Å². The van der Waals surface area contributed by atoms with Crippen LogP contribution >= 0.6 is 11.3 Å². The van der Waals surface area contributed by atoms with Crippen molar-refractivity contribution in [2.24, 2.45) is 5.92 Å². The Morgan fingerprint density at radius 1 is 1.09 bits per heavy atom. The number of amides is 1. The molecule has 0 saturated heterocycles. The molecule has 1 fully saturated rings. The molecule has 1 amide bonds. The molecule has 0 bridgehead atoms. The third-order valence-corrected chi connectivity index (χ3v) is 7.45. The highest BCUT2D eigenvalue weighted by Gasteiger charge is 2.36.